The van der Waals surface area contributed by atoms with Crippen LogP contribution in [0.1, 0.15) is 39.2 Å². The number of hydrogen-bond donors (Lipinski definition) is 0. The lowest BCUT2D eigenvalue weighted by Crippen LogP contribution is -2.23. The molecule has 0 saturated heterocycles. The average molecular weight is 333 g/mol. The van der Waals surface area contributed by atoms with Gasteiger partial charge in [0.25, 0.3) is 0 Å². The molecular weight excluding hydrogens is 314 g/mol. The molecule has 1 aromatic heterocycles. The number of methoxy groups -OCH3 is 1. The van der Waals surface area contributed by atoms with Crippen molar-refractivity contribution in [1.82, 2.24) is 4.90 Å². The van der Waals surface area contributed by atoms with Crippen molar-refractivity contribution in [2.24, 2.45) is 0 Å². The van der Waals surface area contributed by atoms with Crippen LogP contribution in [-0.4, -0.2) is 18.6 Å². The number of fused-ring (bicyclic) bond motifs is 8. The van der Waals surface area contributed by atoms with E-state index < -0.39 is 0 Å². The van der Waals surface area contributed by atoms with Gasteiger partial charge in [0.2, 0.25) is 0 Å². The van der Waals surface area contributed by atoms with Crippen molar-refractivity contribution in [3.63, 3.8) is 0 Å². The van der Waals surface area contributed by atoms with Crippen LogP contribution >= 0.6 is 11.3 Å². The Morgan fingerprint density at radius 1 is 0.917 bits per heavy atom. The second kappa shape index (κ2) is 5.47. The predicted octanol–water partition coefficient (Wildman–Crippen LogP) is 4.81. The molecule has 0 fully saturated rings. The topological polar surface area (TPSA) is 12.5 Å². The van der Waals surface area contributed by atoms with Gasteiger partial charge in [-0.2, -0.15) is 0 Å². The second-order valence-electron chi connectivity index (χ2n) is 6.51. The van der Waals surface area contributed by atoms with Crippen molar-refractivity contribution in [2.45, 2.75) is 18.5 Å². The van der Waals surface area contributed by atoms with Gasteiger partial charge in [0.05, 0.1) is 19.2 Å². The lowest BCUT2D eigenvalue weighted by molar-refractivity contribution is 0.241. The lowest BCUT2D eigenvalue weighted by Gasteiger charge is -2.22. The third-order valence-corrected chi connectivity index (χ3v) is 6.32. The molecule has 0 amide bonds. The van der Waals surface area contributed by atoms with E-state index in [1.165, 1.54) is 22.3 Å². The van der Waals surface area contributed by atoms with E-state index in [0.29, 0.717) is 12.1 Å². The number of benzene rings is 2. The summed E-state index contributed by atoms with van der Waals surface area (Å²) in [5.74, 6) is 0.926. The minimum absolute atomic E-state index is 0.450. The molecule has 0 radical (unpaired) electrons. The van der Waals surface area contributed by atoms with E-state index in [1.807, 2.05) is 11.3 Å². The molecule has 0 saturated carbocycles. The van der Waals surface area contributed by atoms with Crippen molar-refractivity contribution in [3.8, 4) is 5.75 Å². The maximum atomic E-state index is 5.26. The highest BCUT2D eigenvalue weighted by molar-refractivity contribution is 7.10. The van der Waals surface area contributed by atoms with Crippen LogP contribution in [0.25, 0.3) is 0 Å². The van der Waals surface area contributed by atoms with Crippen LogP contribution < -0.4 is 4.74 Å². The monoisotopic (exact) mass is 333 g/mol. The first kappa shape index (κ1) is 14.3. The van der Waals surface area contributed by atoms with Gasteiger partial charge in [0.15, 0.2) is 0 Å². The van der Waals surface area contributed by atoms with Gasteiger partial charge in [-0.1, -0.05) is 36.4 Å². The van der Waals surface area contributed by atoms with Gasteiger partial charge >= 0.3 is 0 Å². The van der Waals surface area contributed by atoms with Gasteiger partial charge in [-0.05, 0) is 52.3 Å². The minimum atomic E-state index is 0.450. The molecule has 0 aliphatic carbocycles. The summed E-state index contributed by atoms with van der Waals surface area (Å²) in [6.07, 6.45) is 1.07. The summed E-state index contributed by atoms with van der Waals surface area (Å²) in [4.78, 5) is 4.23. The molecule has 120 valence electrons. The fourth-order valence-corrected chi connectivity index (χ4v) is 5.31. The number of nitrogens with zero attached hydrogens (tertiary/aromatic N) is 1. The van der Waals surface area contributed by atoms with Gasteiger partial charge in [-0.3, -0.25) is 4.90 Å². The van der Waals surface area contributed by atoms with Crippen LogP contribution in [0.5, 0.6) is 5.75 Å². The Bertz CT molecular complexity index is 837. The zero-order valence-corrected chi connectivity index (χ0v) is 14.4. The maximum absolute atomic E-state index is 5.26. The van der Waals surface area contributed by atoms with E-state index in [4.69, 9.17) is 4.74 Å². The molecule has 2 nitrogen and oxygen atoms in total. The standard InChI is InChI=1S/C21H19NOS/c1-23-15-8-6-14(7-9-15)10-12-22-19-16-4-2-3-5-17(16)20(22)21-18(19)11-13-24-21/h2-9,11,13,19-20H,10,12H2,1H3. The summed E-state index contributed by atoms with van der Waals surface area (Å²) < 4.78 is 5.26. The molecule has 2 aromatic carbocycles. The molecule has 3 aromatic rings. The van der Waals surface area contributed by atoms with Crippen LogP contribution in [-0.2, 0) is 6.42 Å². The Morgan fingerprint density at radius 3 is 2.42 bits per heavy atom. The molecule has 0 spiro atoms. The van der Waals surface area contributed by atoms with Crippen LogP contribution in [0, 0.1) is 0 Å². The minimum Gasteiger partial charge on any atom is -0.497 e. The first-order valence-electron chi connectivity index (χ1n) is 8.41. The molecule has 2 bridgehead atoms. The van der Waals surface area contributed by atoms with Crippen molar-refractivity contribution in [1.29, 1.82) is 0 Å². The Morgan fingerprint density at radius 2 is 1.67 bits per heavy atom. The predicted molar refractivity (Wildman–Crippen MR) is 97.9 cm³/mol. The normalized spacial score (nSPS) is 20.9. The molecule has 5 rings (SSSR count). The fourth-order valence-electron chi connectivity index (χ4n) is 4.24. The molecule has 3 heterocycles. The number of ether oxygens (including phenoxy) is 1. The molecule has 2 aliphatic rings. The molecular formula is C21H19NOS. The highest BCUT2D eigenvalue weighted by Gasteiger charge is 2.47. The molecule has 2 unspecified atom stereocenters. The Labute approximate surface area is 146 Å². The highest BCUT2D eigenvalue weighted by Crippen LogP contribution is 2.57. The van der Waals surface area contributed by atoms with Crippen LogP contribution in [0.4, 0.5) is 0 Å². The summed E-state index contributed by atoms with van der Waals surface area (Å²) >= 11 is 1.91. The number of thiophene rings is 1. The van der Waals surface area contributed by atoms with Crippen molar-refractivity contribution >= 4 is 11.3 Å². The van der Waals surface area contributed by atoms with Gasteiger partial charge < -0.3 is 4.74 Å². The van der Waals surface area contributed by atoms with Gasteiger partial charge in [-0.15, -0.1) is 11.3 Å². The summed E-state index contributed by atoms with van der Waals surface area (Å²) in [5, 5.41) is 2.25. The zero-order valence-electron chi connectivity index (χ0n) is 13.6. The third kappa shape index (κ3) is 1.98. The van der Waals surface area contributed by atoms with E-state index in [2.05, 4.69) is 64.9 Å². The molecule has 24 heavy (non-hydrogen) atoms. The molecule has 3 heteroatoms. The Kier molecular flexibility index (Phi) is 3.25. The van der Waals surface area contributed by atoms with E-state index in [-0.39, 0.29) is 0 Å². The number of rotatable bonds is 4. The Balaban J connectivity index is 1.42. The van der Waals surface area contributed by atoms with Crippen LogP contribution in [0.2, 0.25) is 0 Å². The Hall–Kier alpha value is -2.10. The van der Waals surface area contributed by atoms with Gasteiger partial charge in [-0.25, -0.2) is 0 Å². The van der Waals surface area contributed by atoms with E-state index in [0.717, 1.165) is 18.7 Å². The van der Waals surface area contributed by atoms with Crippen LogP contribution in [0.3, 0.4) is 0 Å². The molecule has 2 atom stereocenters. The maximum Gasteiger partial charge on any atom is 0.118 e. The summed E-state index contributed by atoms with van der Waals surface area (Å²) in [6.45, 7) is 1.08. The second-order valence-corrected chi connectivity index (χ2v) is 7.46. The highest BCUT2D eigenvalue weighted by atomic mass is 32.1. The van der Waals surface area contributed by atoms with E-state index >= 15 is 0 Å². The van der Waals surface area contributed by atoms with Crippen LogP contribution in [0.15, 0.2) is 60.0 Å². The van der Waals surface area contributed by atoms with Gasteiger partial charge in [0.1, 0.15) is 5.75 Å². The quantitative estimate of drug-likeness (QED) is 0.679. The summed E-state index contributed by atoms with van der Waals surface area (Å²) in [5.41, 5.74) is 5.91. The SMILES string of the molecule is COc1ccc(CCN2C3c4ccccc4C2c2sccc23)cc1. The molecule has 2 aliphatic heterocycles. The lowest BCUT2D eigenvalue weighted by atomic mass is 9.91. The fraction of sp³-hybridized carbons (Fsp3) is 0.238. The van der Waals surface area contributed by atoms with Gasteiger partial charge in [0, 0.05) is 11.4 Å². The van der Waals surface area contributed by atoms with Crippen molar-refractivity contribution in [3.05, 3.63) is 87.1 Å². The largest absolute Gasteiger partial charge is 0.497 e. The third-order valence-electron chi connectivity index (χ3n) is 5.34. The first-order valence-corrected chi connectivity index (χ1v) is 9.29. The average Bonchev–Trinajstić information content (AvgIpc) is 3.29. The summed E-state index contributed by atoms with van der Waals surface area (Å²) in [7, 11) is 1.71. The summed E-state index contributed by atoms with van der Waals surface area (Å²) in [6, 6.07) is 20.7. The smallest absolute Gasteiger partial charge is 0.118 e. The number of hydrogen-bond acceptors (Lipinski definition) is 3. The van der Waals surface area contributed by atoms with Crippen molar-refractivity contribution in [2.75, 3.05) is 13.7 Å². The van der Waals surface area contributed by atoms with Crippen molar-refractivity contribution < 1.29 is 4.74 Å². The first-order chi connectivity index (χ1) is 11.9. The molecule has 0 N–H and O–H groups in total. The van der Waals surface area contributed by atoms with E-state index in [1.54, 1.807) is 12.0 Å². The van der Waals surface area contributed by atoms with E-state index in [9.17, 15) is 0 Å². The zero-order chi connectivity index (χ0) is 16.1.